The van der Waals surface area contributed by atoms with Crippen molar-refractivity contribution in [3.63, 3.8) is 0 Å². The van der Waals surface area contributed by atoms with E-state index in [-0.39, 0.29) is 12.2 Å². The Balaban J connectivity index is 2.49. The van der Waals surface area contributed by atoms with Gasteiger partial charge in [0.05, 0.1) is 11.0 Å². The van der Waals surface area contributed by atoms with Gasteiger partial charge in [-0.15, -0.1) is 0 Å². The Bertz CT molecular complexity index is 786. The Labute approximate surface area is 103 Å². The molecule has 0 radical (unpaired) electrons. The Morgan fingerprint density at radius 2 is 2.17 bits per heavy atom. The summed E-state index contributed by atoms with van der Waals surface area (Å²) in [5, 5.41) is 9.03. The first-order valence-electron chi connectivity index (χ1n) is 5.82. The largest absolute Gasteiger partial charge is 0.396 e. The fourth-order valence-corrected chi connectivity index (χ4v) is 2.26. The number of nitrogens with one attached hydrogen (secondary N) is 1. The number of aryl methyl sites for hydroxylation is 1. The smallest absolute Gasteiger partial charge is 0.263 e. The molecule has 0 aliphatic heterocycles. The summed E-state index contributed by atoms with van der Waals surface area (Å²) in [6.07, 6.45) is 0.351. The maximum atomic E-state index is 12.4. The van der Waals surface area contributed by atoms with Gasteiger partial charge in [-0.05, 0) is 19.1 Å². The number of H-pyrrole nitrogens is 1. The van der Waals surface area contributed by atoms with Crippen molar-refractivity contribution in [1.29, 1.82) is 0 Å². The molecule has 3 rings (SSSR count). The highest BCUT2D eigenvalue weighted by Crippen LogP contribution is 2.14. The number of nitrogens with zero attached hydrogens (tertiary/aromatic N) is 2. The predicted molar refractivity (Wildman–Crippen MR) is 68.8 cm³/mol. The third-order valence-electron chi connectivity index (χ3n) is 3.14. The standard InChI is InChI=1S/C13H13N3O2/c1-8-9(6-7-17)12(18)16-11-5-3-2-4-10(11)15-13(16)14-8/h2-5,17H,6-7H2,1H3,(H,14,15). The maximum absolute atomic E-state index is 12.4. The van der Waals surface area contributed by atoms with E-state index in [0.717, 1.165) is 16.7 Å². The summed E-state index contributed by atoms with van der Waals surface area (Å²) >= 11 is 0. The van der Waals surface area contributed by atoms with Crippen molar-refractivity contribution in [3.8, 4) is 0 Å². The molecule has 18 heavy (non-hydrogen) atoms. The van der Waals surface area contributed by atoms with E-state index in [1.54, 1.807) is 4.40 Å². The minimum absolute atomic E-state index is 0.0396. The molecular formula is C13H13N3O2. The minimum atomic E-state index is -0.107. The van der Waals surface area contributed by atoms with Crippen LogP contribution in [-0.2, 0) is 6.42 Å². The second kappa shape index (κ2) is 3.96. The van der Waals surface area contributed by atoms with Crippen LogP contribution in [0.5, 0.6) is 0 Å². The zero-order chi connectivity index (χ0) is 12.7. The molecule has 3 aromatic rings. The average molecular weight is 243 g/mol. The monoisotopic (exact) mass is 243 g/mol. The highest BCUT2D eigenvalue weighted by atomic mass is 16.3. The van der Waals surface area contributed by atoms with Crippen molar-refractivity contribution in [2.24, 2.45) is 0 Å². The lowest BCUT2D eigenvalue weighted by Crippen LogP contribution is -2.21. The lowest BCUT2D eigenvalue weighted by Gasteiger charge is -2.04. The first-order valence-corrected chi connectivity index (χ1v) is 5.82. The predicted octanol–water partition coefficient (Wildman–Crippen LogP) is 1.02. The van der Waals surface area contributed by atoms with Gasteiger partial charge in [0.1, 0.15) is 0 Å². The molecule has 0 amide bonds. The SMILES string of the molecule is Cc1[nH]c2nc3ccccc3n2c(=O)c1CCO. The van der Waals surface area contributed by atoms with Gasteiger partial charge < -0.3 is 10.1 Å². The molecule has 5 heteroatoms. The summed E-state index contributed by atoms with van der Waals surface area (Å²) < 4.78 is 1.56. The Kier molecular flexibility index (Phi) is 2.41. The van der Waals surface area contributed by atoms with E-state index in [0.29, 0.717) is 17.8 Å². The molecule has 2 N–H and O–H groups in total. The van der Waals surface area contributed by atoms with Gasteiger partial charge in [-0.3, -0.25) is 4.79 Å². The van der Waals surface area contributed by atoms with Crippen molar-refractivity contribution in [2.45, 2.75) is 13.3 Å². The van der Waals surface area contributed by atoms with E-state index >= 15 is 0 Å². The van der Waals surface area contributed by atoms with Gasteiger partial charge in [0.15, 0.2) is 0 Å². The third kappa shape index (κ3) is 1.44. The number of imidazole rings is 1. The van der Waals surface area contributed by atoms with Gasteiger partial charge in [0.25, 0.3) is 5.56 Å². The van der Waals surface area contributed by atoms with Crippen molar-refractivity contribution in [3.05, 3.63) is 45.9 Å². The number of aliphatic hydroxyl groups excluding tert-OH is 1. The molecule has 0 saturated carbocycles. The zero-order valence-electron chi connectivity index (χ0n) is 9.97. The minimum Gasteiger partial charge on any atom is -0.396 e. The van der Waals surface area contributed by atoms with Gasteiger partial charge in [-0.2, -0.15) is 0 Å². The number of para-hydroxylation sites is 2. The number of rotatable bonds is 2. The molecule has 0 bridgehead atoms. The number of aromatic nitrogens is 3. The van der Waals surface area contributed by atoms with E-state index in [4.69, 9.17) is 5.11 Å². The van der Waals surface area contributed by atoms with Crippen LogP contribution in [0.3, 0.4) is 0 Å². The zero-order valence-corrected chi connectivity index (χ0v) is 9.97. The van der Waals surface area contributed by atoms with Crippen LogP contribution in [0, 0.1) is 6.92 Å². The molecular weight excluding hydrogens is 230 g/mol. The fraction of sp³-hybridized carbons (Fsp3) is 0.231. The summed E-state index contributed by atoms with van der Waals surface area (Å²) in [7, 11) is 0. The van der Waals surface area contributed by atoms with Crippen molar-refractivity contribution in [1.82, 2.24) is 14.4 Å². The molecule has 0 aliphatic carbocycles. The van der Waals surface area contributed by atoms with Crippen LogP contribution < -0.4 is 5.56 Å². The number of fused-ring (bicyclic) bond motifs is 3. The second-order valence-corrected chi connectivity index (χ2v) is 4.27. The van der Waals surface area contributed by atoms with Crippen molar-refractivity contribution in [2.75, 3.05) is 6.61 Å². The van der Waals surface area contributed by atoms with Gasteiger partial charge in [-0.1, -0.05) is 12.1 Å². The summed E-state index contributed by atoms with van der Waals surface area (Å²) in [6.45, 7) is 1.79. The van der Waals surface area contributed by atoms with E-state index in [2.05, 4.69) is 9.97 Å². The van der Waals surface area contributed by atoms with E-state index in [1.807, 2.05) is 31.2 Å². The van der Waals surface area contributed by atoms with Gasteiger partial charge in [0.2, 0.25) is 5.78 Å². The molecule has 1 aromatic carbocycles. The van der Waals surface area contributed by atoms with Crippen LogP contribution >= 0.6 is 0 Å². The summed E-state index contributed by atoms with van der Waals surface area (Å²) in [5.41, 5.74) is 2.83. The van der Waals surface area contributed by atoms with Crippen LogP contribution in [0.15, 0.2) is 29.1 Å². The van der Waals surface area contributed by atoms with Crippen LogP contribution in [0.25, 0.3) is 16.8 Å². The normalized spacial score (nSPS) is 11.4. The van der Waals surface area contributed by atoms with Gasteiger partial charge in [0, 0.05) is 24.3 Å². The molecule has 2 aromatic heterocycles. The van der Waals surface area contributed by atoms with E-state index in [1.165, 1.54) is 0 Å². The van der Waals surface area contributed by atoms with Crippen LogP contribution in [0.1, 0.15) is 11.3 Å². The fourth-order valence-electron chi connectivity index (χ4n) is 2.26. The molecule has 92 valence electrons. The number of benzene rings is 1. The Morgan fingerprint density at radius 1 is 1.39 bits per heavy atom. The molecule has 0 fully saturated rings. The Hall–Kier alpha value is -2.14. The highest BCUT2D eigenvalue weighted by Gasteiger charge is 2.12. The number of aromatic amines is 1. The first kappa shape index (κ1) is 11.0. The van der Waals surface area contributed by atoms with Crippen LogP contribution in [0.2, 0.25) is 0 Å². The van der Waals surface area contributed by atoms with Crippen LogP contribution in [0.4, 0.5) is 0 Å². The van der Waals surface area contributed by atoms with Crippen molar-refractivity contribution < 1.29 is 5.11 Å². The number of aliphatic hydroxyl groups is 1. The summed E-state index contributed by atoms with van der Waals surface area (Å²) in [4.78, 5) is 19.9. The van der Waals surface area contributed by atoms with E-state index < -0.39 is 0 Å². The third-order valence-corrected chi connectivity index (χ3v) is 3.14. The molecule has 0 saturated heterocycles. The highest BCUT2D eigenvalue weighted by molar-refractivity contribution is 5.79. The molecule has 2 heterocycles. The second-order valence-electron chi connectivity index (χ2n) is 4.27. The van der Waals surface area contributed by atoms with E-state index in [9.17, 15) is 4.79 Å². The van der Waals surface area contributed by atoms with Crippen molar-refractivity contribution >= 4 is 16.8 Å². The number of hydrogen-bond donors (Lipinski definition) is 2. The quantitative estimate of drug-likeness (QED) is 0.706. The lowest BCUT2D eigenvalue weighted by molar-refractivity contribution is 0.298. The van der Waals surface area contributed by atoms with Gasteiger partial charge in [-0.25, -0.2) is 9.38 Å². The first-order chi connectivity index (χ1) is 8.72. The Morgan fingerprint density at radius 3 is 2.94 bits per heavy atom. The summed E-state index contributed by atoms with van der Waals surface area (Å²) in [5.74, 6) is 0.542. The molecule has 0 unspecified atom stereocenters. The molecule has 0 atom stereocenters. The molecule has 5 nitrogen and oxygen atoms in total. The lowest BCUT2D eigenvalue weighted by atomic mass is 10.2. The molecule has 0 spiro atoms. The maximum Gasteiger partial charge on any atom is 0.263 e. The average Bonchev–Trinajstić information content (AvgIpc) is 2.72. The number of hydrogen-bond acceptors (Lipinski definition) is 3. The van der Waals surface area contributed by atoms with Gasteiger partial charge >= 0.3 is 0 Å². The molecule has 0 aliphatic rings. The summed E-state index contributed by atoms with van der Waals surface area (Å²) in [6, 6.07) is 7.50. The topological polar surface area (TPSA) is 70.4 Å². The van der Waals surface area contributed by atoms with Crippen LogP contribution in [-0.4, -0.2) is 26.1 Å².